The number of rotatable bonds is 1. The van der Waals surface area contributed by atoms with Gasteiger partial charge in [0.1, 0.15) is 0 Å². The van der Waals surface area contributed by atoms with Crippen molar-refractivity contribution >= 4 is 23.4 Å². The Morgan fingerprint density at radius 1 is 1.50 bits per heavy atom. The van der Waals surface area contributed by atoms with Crippen molar-refractivity contribution in [2.24, 2.45) is 0 Å². The molecule has 0 saturated carbocycles. The number of benzene rings is 1. The summed E-state index contributed by atoms with van der Waals surface area (Å²) in [5.74, 6) is 0.100. The Hall–Kier alpha value is -0.960. The second-order valence-corrected chi connectivity index (χ2v) is 3.63. The first kappa shape index (κ1) is 7.68. The van der Waals surface area contributed by atoms with Crippen molar-refractivity contribution < 1.29 is 4.79 Å². The van der Waals surface area contributed by atoms with E-state index in [9.17, 15) is 4.79 Å². The highest BCUT2D eigenvalue weighted by atomic mass is 32.2. The molecule has 2 nitrogen and oxygen atoms in total. The summed E-state index contributed by atoms with van der Waals surface area (Å²) < 4.78 is 0. The molecule has 1 aliphatic heterocycles. The number of carbonyl (C=O) groups is 1. The van der Waals surface area contributed by atoms with Gasteiger partial charge in [-0.2, -0.15) is 0 Å². The average molecular weight is 179 g/mol. The Labute approximate surface area is 75.4 Å². The van der Waals surface area contributed by atoms with Crippen LogP contribution in [0.15, 0.2) is 23.1 Å². The molecule has 0 fully saturated rings. The van der Waals surface area contributed by atoms with Crippen LogP contribution in [-0.2, 0) is 11.2 Å². The van der Waals surface area contributed by atoms with Crippen molar-refractivity contribution in [2.45, 2.75) is 11.3 Å². The van der Waals surface area contributed by atoms with Gasteiger partial charge in [-0.1, -0.05) is 6.07 Å². The summed E-state index contributed by atoms with van der Waals surface area (Å²) in [6.45, 7) is 0. The zero-order valence-electron chi connectivity index (χ0n) is 6.76. The normalized spacial score (nSPS) is 14.2. The molecule has 1 amide bonds. The minimum Gasteiger partial charge on any atom is -0.325 e. The second-order valence-electron chi connectivity index (χ2n) is 2.75. The molecular formula is C9H9NOS. The molecule has 0 atom stereocenters. The summed E-state index contributed by atoms with van der Waals surface area (Å²) in [7, 11) is 0. The van der Waals surface area contributed by atoms with Gasteiger partial charge in [-0.3, -0.25) is 4.79 Å². The molecule has 1 aromatic rings. The lowest BCUT2D eigenvalue weighted by Crippen LogP contribution is -2.03. The van der Waals surface area contributed by atoms with Crippen LogP contribution < -0.4 is 5.32 Å². The van der Waals surface area contributed by atoms with E-state index in [0.717, 1.165) is 11.3 Å². The lowest BCUT2D eigenvalue weighted by Gasteiger charge is -2.00. The molecule has 0 unspecified atom stereocenters. The second kappa shape index (κ2) is 2.83. The molecular weight excluding hydrogens is 170 g/mol. The van der Waals surface area contributed by atoms with E-state index >= 15 is 0 Å². The van der Waals surface area contributed by atoms with Gasteiger partial charge in [0.05, 0.1) is 6.42 Å². The zero-order valence-corrected chi connectivity index (χ0v) is 7.57. The van der Waals surface area contributed by atoms with Crippen molar-refractivity contribution in [3.8, 4) is 0 Å². The summed E-state index contributed by atoms with van der Waals surface area (Å²) in [5.41, 5.74) is 2.09. The lowest BCUT2D eigenvalue weighted by atomic mass is 10.2. The Bertz CT molecular complexity index is 335. The predicted octanol–water partition coefficient (Wildman–Crippen LogP) is 1.90. The fourth-order valence-electron chi connectivity index (χ4n) is 1.32. The van der Waals surface area contributed by atoms with E-state index in [2.05, 4.69) is 5.32 Å². The van der Waals surface area contributed by atoms with Crippen molar-refractivity contribution in [1.29, 1.82) is 0 Å². The van der Waals surface area contributed by atoms with Crippen molar-refractivity contribution in [1.82, 2.24) is 0 Å². The third-order valence-electron chi connectivity index (χ3n) is 1.94. The van der Waals surface area contributed by atoms with Crippen LogP contribution in [0.3, 0.4) is 0 Å². The third kappa shape index (κ3) is 1.20. The molecule has 0 radical (unpaired) electrons. The Morgan fingerprint density at radius 2 is 2.33 bits per heavy atom. The summed E-state index contributed by atoms with van der Waals surface area (Å²) >= 11 is 1.68. The Morgan fingerprint density at radius 3 is 3.08 bits per heavy atom. The van der Waals surface area contributed by atoms with Crippen LogP contribution in [0.1, 0.15) is 5.56 Å². The van der Waals surface area contributed by atoms with Gasteiger partial charge in [0.2, 0.25) is 5.91 Å². The summed E-state index contributed by atoms with van der Waals surface area (Å²) in [4.78, 5) is 12.2. The number of nitrogens with one attached hydrogen (secondary N) is 1. The topological polar surface area (TPSA) is 29.1 Å². The number of hydrogen-bond donors (Lipinski definition) is 1. The van der Waals surface area contributed by atoms with E-state index in [1.807, 2.05) is 24.5 Å². The number of carbonyl (C=O) groups excluding carboxylic acids is 1. The standard InChI is InChI=1S/C9H9NOS/c1-12-7-3-2-6-4-9(11)10-8(6)5-7/h2-3,5H,4H2,1H3,(H,10,11). The number of thioether (sulfide) groups is 1. The number of amides is 1. The van der Waals surface area contributed by atoms with Crippen molar-refractivity contribution in [3.63, 3.8) is 0 Å². The molecule has 1 N–H and O–H groups in total. The minimum atomic E-state index is 0.100. The van der Waals surface area contributed by atoms with E-state index < -0.39 is 0 Å². The molecule has 62 valence electrons. The SMILES string of the molecule is CSc1ccc2c(c1)NC(=O)C2. The first-order valence-corrected chi connectivity index (χ1v) is 4.99. The highest BCUT2D eigenvalue weighted by Gasteiger charge is 2.16. The monoisotopic (exact) mass is 179 g/mol. The van der Waals surface area contributed by atoms with Gasteiger partial charge >= 0.3 is 0 Å². The fourth-order valence-corrected chi connectivity index (χ4v) is 1.76. The van der Waals surface area contributed by atoms with Crippen LogP contribution in [0.2, 0.25) is 0 Å². The Kier molecular flexibility index (Phi) is 1.81. The molecule has 0 aliphatic carbocycles. The first-order valence-electron chi connectivity index (χ1n) is 3.76. The molecule has 0 saturated heterocycles. The molecule has 2 rings (SSSR count). The molecule has 0 aromatic heterocycles. The molecule has 3 heteroatoms. The van der Waals surface area contributed by atoms with Crippen LogP contribution in [0.4, 0.5) is 5.69 Å². The average Bonchev–Trinajstić information content (AvgIpc) is 2.43. The van der Waals surface area contributed by atoms with Crippen molar-refractivity contribution in [2.75, 3.05) is 11.6 Å². The van der Waals surface area contributed by atoms with Gasteiger partial charge in [0.15, 0.2) is 0 Å². The van der Waals surface area contributed by atoms with E-state index in [0.29, 0.717) is 6.42 Å². The van der Waals surface area contributed by atoms with Gasteiger partial charge in [-0.15, -0.1) is 11.8 Å². The molecule has 1 aromatic carbocycles. The maximum absolute atomic E-state index is 11.0. The highest BCUT2D eigenvalue weighted by Crippen LogP contribution is 2.27. The largest absolute Gasteiger partial charge is 0.325 e. The predicted molar refractivity (Wildman–Crippen MR) is 50.6 cm³/mol. The molecule has 1 aliphatic rings. The number of fused-ring (bicyclic) bond motifs is 1. The minimum absolute atomic E-state index is 0.100. The van der Waals surface area contributed by atoms with Gasteiger partial charge < -0.3 is 5.32 Å². The summed E-state index contributed by atoms with van der Waals surface area (Å²) in [6, 6.07) is 6.08. The maximum Gasteiger partial charge on any atom is 0.228 e. The van der Waals surface area contributed by atoms with Gasteiger partial charge in [0, 0.05) is 10.6 Å². The van der Waals surface area contributed by atoms with Crippen LogP contribution in [0.25, 0.3) is 0 Å². The van der Waals surface area contributed by atoms with E-state index in [-0.39, 0.29) is 5.91 Å². The van der Waals surface area contributed by atoms with Gasteiger partial charge in [-0.25, -0.2) is 0 Å². The van der Waals surface area contributed by atoms with Gasteiger partial charge in [0.25, 0.3) is 0 Å². The van der Waals surface area contributed by atoms with E-state index in [4.69, 9.17) is 0 Å². The van der Waals surface area contributed by atoms with Crippen LogP contribution in [0, 0.1) is 0 Å². The Balaban J connectivity index is 2.41. The summed E-state index contributed by atoms with van der Waals surface area (Å²) in [5, 5.41) is 2.82. The maximum atomic E-state index is 11.0. The fraction of sp³-hybridized carbons (Fsp3) is 0.222. The quantitative estimate of drug-likeness (QED) is 0.667. The van der Waals surface area contributed by atoms with E-state index in [1.165, 1.54) is 4.90 Å². The van der Waals surface area contributed by atoms with Crippen LogP contribution >= 0.6 is 11.8 Å². The van der Waals surface area contributed by atoms with Crippen LogP contribution in [0.5, 0.6) is 0 Å². The van der Waals surface area contributed by atoms with Crippen molar-refractivity contribution in [3.05, 3.63) is 23.8 Å². The smallest absolute Gasteiger partial charge is 0.228 e. The third-order valence-corrected chi connectivity index (χ3v) is 2.67. The highest BCUT2D eigenvalue weighted by molar-refractivity contribution is 7.98. The summed E-state index contributed by atoms with van der Waals surface area (Å²) in [6.07, 6.45) is 2.56. The zero-order chi connectivity index (χ0) is 8.55. The lowest BCUT2D eigenvalue weighted by molar-refractivity contribution is -0.115. The van der Waals surface area contributed by atoms with E-state index in [1.54, 1.807) is 11.8 Å². The number of hydrogen-bond acceptors (Lipinski definition) is 2. The number of anilines is 1. The first-order chi connectivity index (χ1) is 5.79. The van der Waals surface area contributed by atoms with Gasteiger partial charge in [-0.05, 0) is 24.0 Å². The molecule has 12 heavy (non-hydrogen) atoms. The molecule has 0 spiro atoms. The molecule has 0 bridgehead atoms. The van der Waals surface area contributed by atoms with Crippen LogP contribution in [-0.4, -0.2) is 12.2 Å². The molecule has 1 heterocycles.